The van der Waals surface area contributed by atoms with E-state index < -0.39 is 16.6 Å². The molecule has 0 aliphatic carbocycles. The van der Waals surface area contributed by atoms with Gasteiger partial charge in [-0.25, -0.2) is 4.39 Å². The van der Waals surface area contributed by atoms with Gasteiger partial charge in [-0.2, -0.15) is 0 Å². The van der Waals surface area contributed by atoms with Gasteiger partial charge in [-0.05, 0) is 18.2 Å². The number of nitrogens with zero attached hydrogens (tertiary/aromatic N) is 1. The van der Waals surface area contributed by atoms with Gasteiger partial charge in [-0.3, -0.25) is 14.9 Å². The normalized spacial score (nSPS) is 10.2. The van der Waals surface area contributed by atoms with Crippen LogP contribution >= 0.6 is 11.6 Å². The Morgan fingerprint density at radius 2 is 2.05 bits per heavy atom. The molecule has 6 nitrogen and oxygen atoms in total. The molecule has 0 unspecified atom stereocenters. The molecule has 2 aromatic rings. The summed E-state index contributed by atoms with van der Waals surface area (Å²) in [6, 6.07) is 7.26. The third-order valence-electron chi connectivity index (χ3n) is 2.65. The molecule has 0 aliphatic heterocycles. The van der Waals surface area contributed by atoms with Crippen molar-refractivity contribution >= 4 is 34.6 Å². The van der Waals surface area contributed by atoms with Gasteiger partial charge < -0.3 is 11.1 Å². The quantitative estimate of drug-likeness (QED) is 0.516. The van der Waals surface area contributed by atoms with E-state index in [9.17, 15) is 19.3 Å². The highest BCUT2D eigenvalue weighted by Crippen LogP contribution is 2.29. The van der Waals surface area contributed by atoms with Crippen molar-refractivity contribution in [2.75, 3.05) is 11.1 Å². The lowest BCUT2D eigenvalue weighted by molar-refractivity contribution is -0.384. The number of benzene rings is 2. The second-order valence-electron chi connectivity index (χ2n) is 4.11. The Morgan fingerprint density at radius 1 is 1.33 bits per heavy atom. The minimum atomic E-state index is -0.719. The molecule has 2 aromatic carbocycles. The predicted octanol–water partition coefficient (Wildman–Crippen LogP) is 3.22. The number of carbonyl (C=O) groups is 1. The largest absolute Gasteiger partial charge is 0.397 e. The maximum Gasteiger partial charge on any atom is 0.271 e. The number of nitrogen functional groups attached to an aromatic ring is 1. The van der Waals surface area contributed by atoms with Crippen LogP contribution < -0.4 is 11.1 Å². The highest BCUT2D eigenvalue weighted by atomic mass is 35.5. The summed E-state index contributed by atoms with van der Waals surface area (Å²) in [4.78, 5) is 22.2. The fourth-order valence-electron chi connectivity index (χ4n) is 1.66. The minimum Gasteiger partial charge on any atom is -0.397 e. The monoisotopic (exact) mass is 309 g/mol. The summed E-state index contributed by atoms with van der Waals surface area (Å²) in [5.74, 6) is -1.25. The summed E-state index contributed by atoms with van der Waals surface area (Å²) in [7, 11) is 0. The number of non-ortho nitro benzene ring substituents is 1. The fraction of sp³-hybridized carbons (Fsp3) is 0. The molecule has 0 saturated heterocycles. The zero-order valence-corrected chi connectivity index (χ0v) is 11.2. The maximum absolute atomic E-state index is 13.0. The Bertz CT molecular complexity index is 737. The smallest absolute Gasteiger partial charge is 0.271 e. The van der Waals surface area contributed by atoms with Gasteiger partial charge in [0.2, 0.25) is 0 Å². The SMILES string of the molecule is Nc1c(Cl)cc([N+](=O)[O-])cc1C(=O)Nc1cccc(F)c1. The van der Waals surface area contributed by atoms with Crippen LogP contribution in [0.2, 0.25) is 5.02 Å². The number of carbonyl (C=O) groups excluding carboxylic acids is 1. The Balaban J connectivity index is 2.37. The minimum absolute atomic E-state index is 0.0869. The van der Waals surface area contributed by atoms with Crippen LogP contribution in [-0.4, -0.2) is 10.8 Å². The van der Waals surface area contributed by atoms with E-state index in [0.717, 1.165) is 18.2 Å². The molecule has 0 aliphatic rings. The van der Waals surface area contributed by atoms with Crippen molar-refractivity contribution in [2.45, 2.75) is 0 Å². The first-order valence-corrected chi connectivity index (χ1v) is 6.06. The van der Waals surface area contributed by atoms with Crippen molar-refractivity contribution in [3.8, 4) is 0 Å². The van der Waals surface area contributed by atoms with Gasteiger partial charge in [-0.1, -0.05) is 17.7 Å². The molecule has 3 N–H and O–H groups in total. The van der Waals surface area contributed by atoms with Crippen LogP contribution in [0.15, 0.2) is 36.4 Å². The molecule has 0 atom stereocenters. The first kappa shape index (κ1) is 14.7. The predicted molar refractivity (Wildman–Crippen MR) is 76.9 cm³/mol. The summed E-state index contributed by atoms with van der Waals surface area (Å²) >= 11 is 5.77. The topological polar surface area (TPSA) is 98.3 Å². The number of nitro benzene ring substituents is 1. The van der Waals surface area contributed by atoms with Gasteiger partial charge in [0.15, 0.2) is 0 Å². The van der Waals surface area contributed by atoms with Gasteiger partial charge in [0.05, 0.1) is 21.2 Å². The first-order chi connectivity index (χ1) is 9.88. The molecule has 21 heavy (non-hydrogen) atoms. The highest BCUT2D eigenvalue weighted by Gasteiger charge is 2.19. The lowest BCUT2D eigenvalue weighted by Gasteiger charge is -2.09. The van der Waals surface area contributed by atoms with Crippen LogP contribution in [0.4, 0.5) is 21.5 Å². The zero-order chi connectivity index (χ0) is 15.6. The Morgan fingerprint density at radius 3 is 2.67 bits per heavy atom. The lowest BCUT2D eigenvalue weighted by atomic mass is 10.1. The Hall–Kier alpha value is -2.67. The van der Waals surface area contributed by atoms with E-state index in [0.29, 0.717) is 0 Å². The Kier molecular flexibility index (Phi) is 4.04. The molecule has 0 bridgehead atoms. The zero-order valence-electron chi connectivity index (χ0n) is 10.5. The van der Waals surface area contributed by atoms with Crippen LogP contribution in [0, 0.1) is 15.9 Å². The van der Waals surface area contributed by atoms with Gasteiger partial charge in [0, 0.05) is 17.8 Å². The molecule has 0 saturated carbocycles. The number of nitrogens with two attached hydrogens (primary N) is 1. The number of halogens is 2. The van der Waals surface area contributed by atoms with E-state index in [4.69, 9.17) is 17.3 Å². The number of anilines is 2. The van der Waals surface area contributed by atoms with E-state index in [2.05, 4.69) is 5.32 Å². The Labute approximate surface area is 123 Å². The van der Waals surface area contributed by atoms with Crippen LogP contribution in [0.3, 0.4) is 0 Å². The number of hydrogen-bond acceptors (Lipinski definition) is 4. The molecule has 8 heteroatoms. The second kappa shape index (κ2) is 5.76. The molecular formula is C13H9ClFN3O3. The average molecular weight is 310 g/mol. The van der Waals surface area contributed by atoms with Crippen molar-refractivity contribution in [1.82, 2.24) is 0 Å². The van der Waals surface area contributed by atoms with E-state index in [1.807, 2.05) is 0 Å². The summed E-state index contributed by atoms with van der Waals surface area (Å²) in [6.07, 6.45) is 0. The van der Waals surface area contributed by atoms with Crippen LogP contribution in [0.5, 0.6) is 0 Å². The van der Waals surface area contributed by atoms with Crippen LogP contribution in [-0.2, 0) is 0 Å². The second-order valence-corrected chi connectivity index (χ2v) is 4.52. The number of amides is 1. The maximum atomic E-state index is 13.0. The molecule has 108 valence electrons. The fourth-order valence-corrected chi connectivity index (χ4v) is 1.88. The molecule has 1 amide bonds. The molecule has 0 heterocycles. The molecule has 0 radical (unpaired) electrons. The van der Waals surface area contributed by atoms with Gasteiger partial charge >= 0.3 is 0 Å². The molecule has 0 spiro atoms. The molecular weight excluding hydrogens is 301 g/mol. The van der Waals surface area contributed by atoms with Crippen molar-refractivity contribution in [3.63, 3.8) is 0 Å². The third-order valence-corrected chi connectivity index (χ3v) is 2.96. The summed E-state index contributed by atoms with van der Waals surface area (Å²) in [6.45, 7) is 0. The first-order valence-electron chi connectivity index (χ1n) is 5.69. The van der Waals surface area contributed by atoms with Gasteiger partial charge in [0.25, 0.3) is 11.6 Å². The molecule has 2 rings (SSSR count). The highest BCUT2D eigenvalue weighted by molar-refractivity contribution is 6.34. The summed E-state index contributed by atoms with van der Waals surface area (Å²) in [5, 5.41) is 13.1. The van der Waals surface area contributed by atoms with E-state index in [-0.39, 0.29) is 27.6 Å². The molecule has 0 fully saturated rings. The standard InChI is InChI=1S/C13H9ClFN3O3/c14-11-6-9(18(20)21)5-10(12(11)16)13(19)17-8-3-1-2-7(15)4-8/h1-6H,16H2,(H,17,19). The number of nitro groups is 1. The van der Waals surface area contributed by atoms with Crippen molar-refractivity contribution in [2.24, 2.45) is 0 Å². The number of hydrogen-bond donors (Lipinski definition) is 2. The number of nitrogens with one attached hydrogen (secondary N) is 1. The van der Waals surface area contributed by atoms with Crippen molar-refractivity contribution < 1.29 is 14.1 Å². The van der Waals surface area contributed by atoms with Crippen molar-refractivity contribution in [3.05, 3.63) is 62.9 Å². The summed E-state index contributed by atoms with van der Waals surface area (Å²) in [5.41, 5.74) is 5.24. The summed E-state index contributed by atoms with van der Waals surface area (Å²) < 4.78 is 13.0. The molecule has 0 aromatic heterocycles. The lowest BCUT2D eigenvalue weighted by Crippen LogP contribution is -2.14. The number of rotatable bonds is 3. The average Bonchev–Trinajstić information content (AvgIpc) is 2.41. The van der Waals surface area contributed by atoms with E-state index in [1.54, 1.807) is 0 Å². The van der Waals surface area contributed by atoms with Crippen LogP contribution in [0.25, 0.3) is 0 Å². The van der Waals surface area contributed by atoms with E-state index >= 15 is 0 Å². The van der Waals surface area contributed by atoms with Crippen LogP contribution in [0.1, 0.15) is 10.4 Å². The van der Waals surface area contributed by atoms with Gasteiger partial charge in [0.1, 0.15) is 5.82 Å². The van der Waals surface area contributed by atoms with Gasteiger partial charge in [-0.15, -0.1) is 0 Å². The van der Waals surface area contributed by atoms with Crippen molar-refractivity contribution in [1.29, 1.82) is 0 Å². The third kappa shape index (κ3) is 3.26. The van der Waals surface area contributed by atoms with E-state index in [1.165, 1.54) is 18.2 Å².